The number of amides is 1. The third-order valence-electron chi connectivity index (χ3n) is 3.75. The fourth-order valence-corrected chi connectivity index (χ4v) is 2.40. The Morgan fingerprint density at radius 2 is 2.14 bits per heavy atom. The second kappa shape index (κ2) is 7.54. The number of rotatable bonds is 5. The lowest BCUT2D eigenvalue weighted by molar-refractivity contribution is -0.134. The molecule has 1 aliphatic rings. The van der Waals surface area contributed by atoms with Gasteiger partial charge in [0, 0.05) is 26.7 Å². The molecule has 0 aliphatic carbocycles. The van der Waals surface area contributed by atoms with E-state index < -0.39 is 0 Å². The quantitative estimate of drug-likeness (QED) is 0.865. The van der Waals surface area contributed by atoms with Crippen molar-refractivity contribution >= 4 is 5.91 Å². The van der Waals surface area contributed by atoms with E-state index in [0.29, 0.717) is 26.2 Å². The van der Waals surface area contributed by atoms with Gasteiger partial charge in [-0.15, -0.1) is 0 Å². The van der Waals surface area contributed by atoms with Crippen molar-refractivity contribution in [1.29, 1.82) is 0 Å². The Hall–Kier alpha value is -1.43. The number of likely N-dealkylation sites (N-methyl/N-ethyl adjacent to an activating group) is 1. The molecule has 0 radical (unpaired) electrons. The summed E-state index contributed by atoms with van der Waals surface area (Å²) in [4.78, 5) is 16.0. The molecular weight excluding hydrogens is 268 g/mol. The summed E-state index contributed by atoms with van der Waals surface area (Å²) in [5.74, 6) is 0.0918. The minimum Gasteiger partial charge on any atom is -0.394 e. The fraction of sp³-hybridized carbons (Fsp3) is 0.562. The van der Waals surface area contributed by atoms with Gasteiger partial charge in [0.25, 0.3) is 0 Å². The maximum Gasteiger partial charge on any atom is 0.236 e. The van der Waals surface area contributed by atoms with Crippen LogP contribution in [0.25, 0.3) is 0 Å². The summed E-state index contributed by atoms with van der Waals surface area (Å²) in [6.45, 7) is 4.97. The molecule has 0 aromatic heterocycles. The number of hydrogen-bond acceptors (Lipinski definition) is 4. The van der Waals surface area contributed by atoms with Gasteiger partial charge in [-0.3, -0.25) is 9.69 Å². The molecule has 1 fully saturated rings. The van der Waals surface area contributed by atoms with E-state index in [1.807, 2.05) is 11.9 Å². The van der Waals surface area contributed by atoms with Gasteiger partial charge in [-0.1, -0.05) is 29.8 Å². The van der Waals surface area contributed by atoms with Gasteiger partial charge in [0.05, 0.1) is 25.9 Å². The molecule has 21 heavy (non-hydrogen) atoms. The predicted molar refractivity (Wildman–Crippen MR) is 80.9 cm³/mol. The third kappa shape index (κ3) is 4.81. The molecular formula is C16H24N2O3. The van der Waals surface area contributed by atoms with Crippen LogP contribution in [0.2, 0.25) is 0 Å². The Balaban J connectivity index is 1.83. The van der Waals surface area contributed by atoms with E-state index in [9.17, 15) is 4.79 Å². The van der Waals surface area contributed by atoms with Crippen molar-refractivity contribution in [2.24, 2.45) is 0 Å². The van der Waals surface area contributed by atoms with E-state index in [2.05, 4.69) is 31.2 Å². The average molecular weight is 292 g/mol. The molecule has 0 saturated carbocycles. The van der Waals surface area contributed by atoms with Gasteiger partial charge in [0.2, 0.25) is 5.91 Å². The molecule has 5 heteroatoms. The summed E-state index contributed by atoms with van der Waals surface area (Å²) in [6, 6.07) is 8.22. The van der Waals surface area contributed by atoms with E-state index in [1.165, 1.54) is 5.56 Å². The van der Waals surface area contributed by atoms with Crippen molar-refractivity contribution in [2.45, 2.75) is 19.6 Å². The second-order valence-corrected chi connectivity index (χ2v) is 5.65. The maximum absolute atomic E-state index is 12.3. The predicted octanol–water partition coefficient (Wildman–Crippen LogP) is 0.647. The first-order valence-corrected chi connectivity index (χ1v) is 7.33. The highest BCUT2D eigenvalue weighted by atomic mass is 16.5. The molecule has 1 N–H and O–H groups in total. The van der Waals surface area contributed by atoms with Gasteiger partial charge < -0.3 is 14.7 Å². The lowest BCUT2D eigenvalue weighted by atomic mass is 10.1. The minimum atomic E-state index is -0.172. The first-order chi connectivity index (χ1) is 10.1. The lowest BCUT2D eigenvalue weighted by Gasteiger charge is -2.32. The van der Waals surface area contributed by atoms with E-state index in [0.717, 1.165) is 12.1 Å². The Morgan fingerprint density at radius 1 is 1.43 bits per heavy atom. The molecule has 5 nitrogen and oxygen atoms in total. The Kier molecular flexibility index (Phi) is 5.73. The largest absolute Gasteiger partial charge is 0.394 e. The molecule has 1 aromatic carbocycles. The van der Waals surface area contributed by atoms with Gasteiger partial charge >= 0.3 is 0 Å². The zero-order chi connectivity index (χ0) is 15.2. The number of morpholine rings is 1. The number of aliphatic hydroxyl groups is 1. The van der Waals surface area contributed by atoms with Crippen molar-refractivity contribution in [3.8, 4) is 0 Å². The summed E-state index contributed by atoms with van der Waals surface area (Å²) in [6.07, 6.45) is -0.172. The number of carbonyl (C=O) groups is 1. The van der Waals surface area contributed by atoms with Crippen molar-refractivity contribution in [3.05, 3.63) is 35.4 Å². The van der Waals surface area contributed by atoms with Crippen LogP contribution in [0.5, 0.6) is 0 Å². The maximum atomic E-state index is 12.3. The molecule has 0 spiro atoms. The number of hydrogen-bond donors (Lipinski definition) is 1. The zero-order valence-corrected chi connectivity index (χ0v) is 12.8. The lowest BCUT2D eigenvalue weighted by Crippen LogP contribution is -2.48. The summed E-state index contributed by atoms with van der Waals surface area (Å²) in [7, 11) is 1.83. The fourth-order valence-electron chi connectivity index (χ4n) is 2.40. The van der Waals surface area contributed by atoms with Crippen LogP contribution in [0.3, 0.4) is 0 Å². The van der Waals surface area contributed by atoms with Crippen LogP contribution in [0.4, 0.5) is 0 Å². The van der Waals surface area contributed by atoms with Gasteiger partial charge in [-0.2, -0.15) is 0 Å². The Bertz CT molecular complexity index is 461. The molecule has 116 valence electrons. The van der Waals surface area contributed by atoms with Crippen LogP contribution in [0.1, 0.15) is 11.1 Å². The molecule has 2 rings (SSSR count). The highest BCUT2D eigenvalue weighted by molar-refractivity contribution is 5.78. The van der Waals surface area contributed by atoms with Crippen molar-refractivity contribution in [2.75, 3.05) is 39.9 Å². The molecule has 1 amide bonds. The standard InChI is InChI=1S/C16H24N2O3/c1-13-3-5-14(6-4-13)9-17(2)16(20)11-18-7-8-21-15(10-18)12-19/h3-6,15,19H,7-12H2,1-2H3. The number of ether oxygens (including phenoxy) is 1. The topological polar surface area (TPSA) is 53.0 Å². The Labute approximate surface area is 126 Å². The third-order valence-corrected chi connectivity index (χ3v) is 3.75. The van der Waals surface area contributed by atoms with E-state index in [-0.39, 0.29) is 18.6 Å². The number of nitrogens with zero attached hydrogens (tertiary/aromatic N) is 2. The average Bonchev–Trinajstić information content (AvgIpc) is 2.49. The van der Waals surface area contributed by atoms with E-state index in [4.69, 9.17) is 9.84 Å². The molecule has 1 saturated heterocycles. The molecule has 0 bridgehead atoms. The van der Waals surface area contributed by atoms with Crippen LogP contribution in [-0.2, 0) is 16.1 Å². The van der Waals surface area contributed by atoms with Gasteiger partial charge in [0.1, 0.15) is 0 Å². The van der Waals surface area contributed by atoms with Crippen LogP contribution in [0, 0.1) is 6.92 Å². The summed E-state index contributed by atoms with van der Waals surface area (Å²) in [5, 5.41) is 9.12. The monoisotopic (exact) mass is 292 g/mol. The van der Waals surface area contributed by atoms with Gasteiger partial charge in [-0.25, -0.2) is 0 Å². The van der Waals surface area contributed by atoms with Crippen LogP contribution >= 0.6 is 0 Å². The van der Waals surface area contributed by atoms with Crippen molar-refractivity contribution in [1.82, 2.24) is 9.80 Å². The Morgan fingerprint density at radius 3 is 2.81 bits per heavy atom. The molecule has 1 aliphatic heterocycles. The van der Waals surface area contributed by atoms with Crippen molar-refractivity contribution < 1.29 is 14.6 Å². The summed E-state index contributed by atoms with van der Waals surface area (Å²) >= 11 is 0. The van der Waals surface area contributed by atoms with Gasteiger partial charge in [0.15, 0.2) is 0 Å². The first kappa shape index (κ1) is 15.9. The second-order valence-electron chi connectivity index (χ2n) is 5.65. The first-order valence-electron chi connectivity index (χ1n) is 7.33. The highest BCUT2D eigenvalue weighted by Gasteiger charge is 2.22. The van der Waals surface area contributed by atoms with Crippen molar-refractivity contribution in [3.63, 3.8) is 0 Å². The normalized spacial score (nSPS) is 19.5. The van der Waals surface area contributed by atoms with Gasteiger partial charge in [-0.05, 0) is 12.5 Å². The number of benzene rings is 1. The number of aliphatic hydroxyl groups excluding tert-OH is 1. The zero-order valence-electron chi connectivity index (χ0n) is 12.8. The molecule has 1 heterocycles. The van der Waals surface area contributed by atoms with E-state index >= 15 is 0 Å². The van der Waals surface area contributed by atoms with Crippen LogP contribution in [-0.4, -0.2) is 66.8 Å². The number of aryl methyl sites for hydroxylation is 1. The molecule has 1 atom stereocenters. The van der Waals surface area contributed by atoms with Crippen LogP contribution < -0.4 is 0 Å². The summed E-state index contributed by atoms with van der Waals surface area (Å²) < 4.78 is 5.39. The highest BCUT2D eigenvalue weighted by Crippen LogP contribution is 2.08. The molecule has 1 aromatic rings. The minimum absolute atomic E-state index is 0.00387. The van der Waals surface area contributed by atoms with E-state index in [1.54, 1.807) is 4.90 Å². The van der Waals surface area contributed by atoms with Crippen LogP contribution in [0.15, 0.2) is 24.3 Å². The SMILES string of the molecule is Cc1ccc(CN(C)C(=O)CN2CCOC(CO)C2)cc1. The molecule has 1 unspecified atom stereocenters. The number of carbonyl (C=O) groups excluding carboxylic acids is 1. The smallest absolute Gasteiger partial charge is 0.236 e. The summed E-state index contributed by atoms with van der Waals surface area (Å²) in [5.41, 5.74) is 2.35.